The Kier molecular flexibility index (Phi) is 8.69. The minimum absolute atomic E-state index is 0.0800. The number of benzene rings is 2. The molecule has 3 N–H and O–H groups in total. The maximum absolute atomic E-state index is 11.8. The molecule has 0 fully saturated rings. The van der Waals surface area contributed by atoms with Crippen molar-refractivity contribution in [1.82, 2.24) is 16.0 Å². The van der Waals surface area contributed by atoms with Gasteiger partial charge in [-0.25, -0.2) is 4.79 Å². The third kappa shape index (κ3) is 8.27. The molecule has 0 bridgehead atoms. The molecule has 6 nitrogen and oxygen atoms in total. The fraction of sp³-hybridized carbons (Fsp3) is 0.333. The molecule has 0 aliphatic carbocycles. The Bertz CT molecular complexity index is 692. The molecule has 0 radical (unpaired) electrons. The highest BCUT2D eigenvalue weighted by molar-refractivity contribution is 5.78. The lowest BCUT2D eigenvalue weighted by Gasteiger charge is -2.19. The number of hydrogen-bond acceptors (Lipinski definition) is 3. The Balaban J connectivity index is 1.50. The predicted molar refractivity (Wildman–Crippen MR) is 109 cm³/mol. The Morgan fingerprint density at radius 3 is 2.19 bits per heavy atom. The van der Waals surface area contributed by atoms with E-state index in [1.54, 1.807) is 0 Å². The van der Waals surface area contributed by atoms with Gasteiger partial charge in [-0.3, -0.25) is 4.79 Å². The zero-order valence-electron chi connectivity index (χ0n) is 15.8. The van der Waals surface area contributed by atoms with Crippen LogP contribution in [-0.4, -0.2) is 38.6 Å². The number of nitrogens with one attached hydrogen (secondary N) is 3. The van der Waals surface area contributed by atoms with Gasteiger partial charge in [-0.15, -0.1) is 0 Å². The zero-order chi connectivity index (χ0) is 19.3. The van der Waals surface area contributed by atoms with E-state index in [4.69, 9.17) is 0 Å². The molecule has 0 aromatic heterocycles. The van der Waals surface area contributed by atoms with Crippen molar-refractivity contribution < 1.29 is 9.59 Å². The molecule has 3 amide bonds. The fourth-order valence-corrected chi connectivity index (χ4v) is 2.57. The lowest BCUT2D eigenvalue weighted by atomic mass is 10.2. The van der Waals surface area contributed by atoms with E-state index in [2.05, 4.69) is 33.0 Å². The summed E-state index contributed by atoms with van der Waals surface area (Å²) in [6, 6.07) is 19.6. The number of urea groups is 1. The van der Waals surface area contributed by atoms with Crippen molar-refractivity contribution in [3.05, 3.63) is 66.2 Å². The van der Waals surface area contributed by atoms with Crippen LogP contribution in [0.4, 0.5) is 10.5 Å². The third-order valence-electron chi connectivity index (χ3n) is 4.12. The Morgan fingerprint density at radius 2 is 1.48 bits per heavy atom. The molecule has 2 aromatic rings. The van der Waals surface area contributed by atoms with Crippen LogP contribution in [0, 0.1) is 0 Å². The number of amides is 3. The minimum Gasteiger partial charge on any atom is -0.375 e. The number of nitrogens with zero attached hydrogens (tertiary/aromatic N) is 1. The van der Waals surface area contributed by atoms with Crippen molar-refractivity contribution in [1.29, 1.82) is 0 Å². The van der Waals surface area contributed by atoms with Gasteiger partial charge in [-0.1, -0.05) is 48.5 Å². The van der Waals surface area contributed by atoms with Gasteiger partial charge in [0.25, 0.3) is 0 Å². The molecular formula is C21H28N4O2. The molecule has 144 valence electrons. The topological polar surface area (TPSA) is 73.5 Å². The van der Waals surface area contributed by atoms with Gasteiger partial charge in [0.15, 0.2) is 0 Å². The van der Waals surface area contributed by atoms with Crippen molar-refractivity contribution in [3.8, 4) is 0 Å². The summed E-state index contributed by atoms with van der Waals surface area (Å²) in [6.45, 7) is 2.26. The van der Waals surface area contributed by atoms with Gasteiger partial charge in [0, 0.05) is 45.3 Å². The zero-order valence-corrected chi connectivity index (χ0v) is 15.8. The van der Waals surface area contributed by atoms with Crippen molar-refractivity contribution in [2.75, 3.05) is 31.6 Å². The van der Waals surface area contributed by atoms with Crippen LogP contribution in [0.15, 0.2) is 60.7 Å². The summed E-state index contributed by atoms with van der Waals surface area (Å²) < 4.78 is 0. The second kappa shape index (κ2) is 11.6. The molecule has 2 rings (SSSR count). The highest BCUT2D eigenvalue weighted by Gasteiger charge is 2.04. The minimum atomic E-state index is -0.242. The fourth-order valence-electron chi connectivity index (χ4n) is 2.57. The van der Waals surface area contributed by atoms with Crippen LogP contribution in [0.1, 0.15) is 18.4 Å². The number of anilines is 1. The van der Waals surface area contributed by atoms with E-state index in [1.165, 1.54) is 0 Å². The first kappa shape index (κ1) is 20.3. The van der Waals surface area contributed by atoms with Gasteiger partial charge in [0.2, 0.25) is 5.91 Å². The molecule has 2 aromatic carbocycles. The van der Waals surface area contributed by atoms with Crippen LogP contribution in [0.25, 0.3) is 0 Å². The van der Waals surface area contributed by atoms with E-state index >= 15 is 0 Å². The molecule has 0 saturated heterocycles. The molecule has 27 heavy (non-hydrogen) atoms. The number of rotatable bonds is 10. The lowest BCUT2D eigenvalue weighted by molar-refractivity contribution is -0.121. The summed E-state index contributed by atoms with van der Waals surface area (Å²) in [4.78, 5) is 25.7. The maximum Gasteiger partial charge on any atom is 0.314 e. The summed E-state index contributed by atoms with van der Waals surface area (Å²) in [5.74, 6) is -0.0800. The van der Waals surface area contributed by atoms with E-state index in [0.29, 0.717) is 19.6 Å². The summed E-state index contributed by atoms with van der Waals surface area (Å²) in [6.07, 6.45) is 1.10. The third-order valence-corrected chi connectivity index (χ3v) is 4.12. The molecule has 0 aliphatic heterocycles. The quantitative estimate of drug-likeness (QED) is 0.564. The first-order chi connectivity index (χ1) is 13.1. The number of para-hydroxylation sites is 1. The highest BCUT2D eigenvalue weighted by atomic mass is 16.2. The van der Waals surface area contributed by atoms with Crippen LogP contribution in [-0.2, 0) is 11.3 Å². The van der Waals surface area contributed by atoms with E-state index in [0.717, 1.165) is 24.2 Å². The van der Waals surface area contributed by atoms with Crippen LogP contribution < -0.4 is 20.9 Å². The summed E-state index contributed by atoms with van der Waals surface area (Å²) in [7, 11) is 2.03. The van der Waals surface area contributed by atoms with Gasteiger partial charge < -0.3 is 20.9 Å². The molecule has 6 heteroatoms. The average Bonchev–Trinajstić information content (AvgIpc) is 2.71. The second-order valence-electron chi connectivity index (χ2n) is 6.31. The summed E-state index contributed by atoms with van der Waals surface area (Å²) >= 11 is 0. The normalized spacial score (nSPS) is 10.1. The largest absolute Gasteiger partial charge is 0.375 e. The molecule has 0 saturated carbocycles. The second-order valence-corrected chi connectivity index (χ2v) is 6.31. The first-order valence-corrected chi connectivity index (χ1v) is 9.23. The molecule has 0 atom stereocenters. The Hall–Kier alpha value is -3.02. The SMILES string of the molecule is CN(CCCNC(=O)NCCC(=O)NCc1ccccc1)c1ccccc1. The number of hydrogen-bond donors (Lipinski definition) is 3. The van der Waals surface area contributed by atoms with Crippen LogP contribution in [0.2, 0.25) is 0 Å². The highest BCUT2D eigenvalue weighted by Crippen LogP contribution is 2.10. The Labute approximate surface area is 161 Å². The van der Waals surface area contributed by atoms with E-state index in [1.807, 2.05) is 55.6 Å². The molecule has 0 spiro atoms. The summed E-state index contributed by atoms with van der Waals surface area (Å²) in [5, 5.41) is 8.36. The van der Waals surface area contributed by atoms with Crippen LogP contribution >= 0.6 is 0 Å². The van der Waals surface area contributed by atoms with Gasteiger partial charge in [0.1, 0.15) is 0 Å². The van der Waals surface area contributed by atoms with Gasteiger partial charge in [-0.2, -0.15) is 0 Å². The molecule has 0 unspecified atom stereocenters. The van der Waals surface area contributed by atoms with Crippen LogP contribution in [0.3, 0.4) is 0 Å². The first-order valence-electron chi connectivity index (χ1n) is 9.23. The molecule has 0 aliphatic rings. The Morgan fingerprint density at radius 1 is 0.852 bits per heavy atom. The van der Waals surface area contributed by atoms with Gasteiger partial charge in [-0.05, 0) is 24.1 Å². The lowest BCUT2D eigenvalue weighted by Crippen LogP contribution is -2.38. The van der Waals surface area contributed by atoms with E-state index < -0.39 is 0 Å². The van der Waals surface area contributed by atoms with Gasteiger partial charge >= 0.3 is 6.03 Å². The van der Waals surface area contributed by atoms with Crippen molar-refractivity contribution in [2.24, 2.45) is 0 Å². The van der Waals surface area contributed by atoms with E-state index in [-0.39, 0.29) is 18.4 Å². The van der Waals surface area contributed by atoms with Crippen molar-refractivity contribution >= 4 is 17.6 Å². The smallest absolute Gasteiger partial charge is 0.314 e. The standard InChI is InChI=1S/C21H28N4O2/c1-25(19-11-6-3-7-12-19)16-8-14-22-21(27)23-15-13-20(26)24-17-18-9-4-2-5-10-18/h2-7,9-12H,8,13-17H2,1H3,(H,24,26)(H2,22,23,27). The van der Waals surface area contributed by atoms with Crippen molar-refractivity contribution in [2.45, 2.75) is 19.4 Å². The molecule has 0 heterocycles. The maximum atomic E-state index is 11.8. The molecular weight excluding hydrogens is 340 g/mol. The van der Waals surface area contributed by atoms with E-state index in [9.17, 15) is 9.59 Å². The van der Waals surface area contributed by atoms with Crippen molar-refractivity contribution in [3.63, 3.8) is 0 Å². The van der Waals surface area contributed by atoms with Gasteiger partial charge in [0.05, 0.1) is 0 Å². The van der Waals surface area contributed by atoms with Crippen LogP contribution in [0.5, 0.6) is 0 Å². The number of carbonyl (C=O) groups excluding carboxylic acids is 2. The average molecular weight is 368 g/mol. The number of carbonyl (C=O) groups is 2. The predicted octanol–water partition coefficient (Wildman–Crippen LogP) is 2.52. The monoisotopic (exact) mass is 368 g/mol. The summed E-state index contributed by atoms with van der Waals surface area (Å²) in [5.41, 5.74) is 2.21.